The van der Waals surface area contributed by atoms with Gasteiger partial charge in [0.2, 0.25) is 0 Å². The van der Waals surface area contributed by atoms with E-state index in [0.717, 1.165) is 57.2 Å². The summed E-state index contributed by atoms with van der Waals surface area (Å²) in [5.74, 6) is 0.377. The molecule has 1 aliphatic heterocycles. The first-order chi connectivity index (χ1) is 13.8. The highest BCUT2D eigenvalue weighted by molar-refractivity contribution is 5.94. The lowest BCUT2D eigenvalue weighted by molar-refractivity contribution is -0.137. The third-order valence-electron chi connectivity index (χ3n) is 4.61. The fraction of sp³-hybridized carbons (Fsp3) is 0.600. The number of halogens is 3. The Kier molecular flexibility index (Phi) is 8.75. The highest BCUT2D eigenvalue weighted by Crippen LogP contribution is 2.29. The second-order valence-corrected chi connectivity index (χ2v) is 6.71. The smallest absolute Gasteiger partial charge is 0.378 e. The number of carbonyl (C=O) groups is 1. The van der Waals surface area contributed by atoms with Gasteiger partial charge >= 0.3 is 6.18 Å². The molecule has 29 heavy (non-hydrogen) atoms. The van der Waals surface area contributed by atoms with Crippen LogP contribution < -0.4 is 10.6 Å². The molecule has 0 spiro atoms. The molecule has 0 unspecified atom stereocenters. The van der Waals surface area contributed by atoms with Crippen molar-refractivity contribution >= 4 is 11.9 Å². The van der Waals surface area contributed by atoms with Crippen LogP contribution in [0.25, 0.3) is 0 Å². The van der Waals surface area contributed by atoms with Gasteiger partial charge < -0.3 is 20.3 Å². The SMILES string of the molecule is CCNC(=NCCNC(=O)c1ccc(C(F)(F)F)cc1)N1CCC(OCC)CC1. The molecule has 2 N–H and O–H groups in total. The fourth-order valence-corrected chi connectivity index (χ4v) is 3.14. The summed E-state index contributed by atoms with van der Waals surface area (Å²) in [5, 5.41) is 5.94. The van der Waals surface area contributed by atoms with Crippen LogP contribution in [0, 0.1) is 0 Å². The topological polar surface area (TPSA) is 66.0 Å². The van der Waals surface area contributed by atoms with Crippen LogP contribution >= 0.6 is 0 Å². The van der Waals surface area contributed by atoms with E-state index in [2.05, 4.69) is 20.5 Å². The van der Waals surface area contributed by atoms with Gasteiger partial charge in [0.05, 0.1) is 18.2 Å². The molecule has 1 aliphatic rings. The predicted molar refractivity (Wildman–Crippen MR) is 106 cm³/mol. The van der Waals surface area contributed by atoms with Crippen molar-refractivity contribution in [2.75, 3.05) is 39.3 Å². The van der Waals surface area contributed by atoms with E-state index in [1.165, 1.54) is 12.1 Å². The number of rotatable bonds is 7. The van der Waals surface area contributed by atoms with Crippen LogP contribution in [0.2, 0.25) is 0 Å². The largest absolute Gasteiger partial charge is 0.416 e. The minimum atomic E-state index is -4.41. The standard InChI is InChI=1S/C20H29F3N4O2/c1-3-24-19(27-13-9-17(10-14-27)29-4-2)26-12-11-25-18(28)15-5-7-16(8-6-15)20(21,22)23/h5-8,17H,3-4,9-14H2,1-2H3,(H,24,26)(H,25,28). The highest BCUT2D eigenvalue weighted by atomic mass is 19.4. The summed E-state index contributed by atoms with van der Waals surface area (Å²) >= 11 is 0. The average molecular weight is 414 g/mol. The number of nitrogens with zero attached hydrogens (tertiary/aromatic N) is 2. The molecule has 0 radical (unpaired) electrons. The molecule has 1 saturated heterocycles. The molecule has 1 amide bonds. The number of aliphatic imine (C=N–C) groups is 1. The Morgan fingerprint density at radius 3 is 2.38 bits per heavy atom. The second kappa shape index (κ2) is 11.0. The minimum absolute atomic E-state index is 0.187. The van der Waals surface area contributed by atoms with Crippen molar-refractivity contribution in [2.45, 2.75) is 39.0 Å². The van der Waals surface area contributed by atoms with Gasteiger partial charge in [0, 0.05) is 38.3 Å². The molecule has 0 saturated carbocycles. The summed E-state index contributed by atoms with van der Waals surface area (Å²) in [6.07, 6.45) is -2.22. The first kappa shape index (κ1) is 23.0. The number of piperidine rings is 1. The van der Waals surface area contributed by atoms with Gasteiger partial charge in [-0.2, -0.15) is 13.2 Å². The van der Waals surface area contributed by atoms with Crippen LogP contribution in [-0.4, -0.2) is 62.2 Å². The van der Waals surface area contributed by atoms with Gasteiger partial charge in [-0.3, -0.25) is 9.79 Å². The first-order valence-electron chi connectivity index (χ1n) is 9.95. The molecular formula is C20H29F3N4O2. The van der Waals surface area contributed by atoms with Crippen LogP contribution in [0.15, 0.2) is 29.3 Å². The van der Waals surface area contributed by atoms with E-state index in [9.17, 15) is 18.0 Å². The molecule has 1 aromatic carbocycles. The summed E-state index contributed by atoms with van der Waals surface area (Å²) in [7, 11) is 0. The molecular weight excluding hydrogens is 385 g/mol. The van der Waals surface area contributed by atoms with Crippen LogP contribution in [0.5, 0.6) is 0 Å². The molecule has 2 rings (SSSR count). The molecule has 162 valence electrons. The number of guanidine groups is 1. The van der Waals surface area contributed by atoms with Gasteiger partial charge in [-0.1, -0.05) is 0 Å². The predicted octanol–water partition coefficient (Wildman–Crippen LogP) is 2.90. The van der Waals surface area contributed by atoms with Crippen molar-refractivity contribution in [3.8, 4) is 0 Å². The molecule has 1 heterocycles. The van der Waals surface area contributed by atoms with E-state index < -0.39 is 17.6 Å². The highest BCUT2D eigenvalue weighted by Gasteiger charge is 2.30. The van der Waals surface area contributed by atoms with E-state index in [1.807, 2.05) is 13.8 Å². The molecule has 0 aromatic heterocycles. The Hall–Kier alpha value is -2.29. The van der Waals surface area contributed by atoms with E-state index in [-0.39, 0.29) is 5.56 Å². The summed E-state index contributed by atoms with van der Waals surface area (Å²) < 4.78 is 43.4. The van der Waals surface area contributed by atoms with Gasteiger partial charge in [-0.25, -0.2) is 0 Å². The van der Waals surface area contributed by atoms with Gasteiger partial charge in [0.1, 0.15) is 0 Å². The monoisotopic (exact) mass is 414 g/mol. The number of nitrogens with one attached hydrogen (secondary N) is 2. The van der Waals surface area contributed by atoms with E-state index in [0.29, 0.717) is 19.2 Å². The molecule has 0 bridgehead atoms. The van der Waals surface area contributed by atoms with Gasteiger partial charge in [0.15, 0.2) is 5.96 Å². The van der Waals surface area contributed by atoms with E-state index in [4.69, 9.17) is 4.74 Å². The number of hydrogen-bond donors (Lipinski definition) is 2. The normalized spacial score (nSPS) is 16.0. The van der Waals surface area contributed by atoms with Crippen molar-refractivity contribution in [2.24, 2.45) is 4.99 Å². The molecule has 0 aliphatic carbocycles. The van der Waals surface area contributed by atoms with Gasteiger partial charge in [-0.05, 0) is 51.0 Å². The Bertz CT molecular complexity index is 669. The maximum Gasteiger partial charge on any atom is 0.416 e. The van der Waals surface area contributed by atoms with Crippen molar-refractivity contribution in [3.05, 3.63) is 35.4 Å². The third-order valence-corrected chi connectivity index (χ3v) is 4.61. The number of benzene rings is 1. The van der Waals surface area contributed by atoms with Crippen LogP contribution in [-0.2, 0) is 10.9 Å². The molecule has 0 atom stereocenters. The number of likely N-dealkylation sites (tertiary alicyclic amines) is 1. The van der Waals surface area contributed by atoms with E-state index in [1.54, 1.807) is 0 Å². The first-order valence-corrected chi connectivity index (χ1v) is 9.95. The summed E-state index contributed by atoms with van der Waals surface area (Å²) in [6, 6.07) is 4.16. The maximum absolute atomic E-state index is 12.6. The zero-order valence-electron chi connectivity index (χ0n) is 16.9. The molecule has 1 aromatic rings. The van der Waals surface area contributed by atoms with Gasteiger partial charge in [0.25, 0.3) is 5.91 Å². The lowest BCUT2D eigenvalue weighted by Gasteiger charge is -2.34. The third kappa shape index (κ3) is 7.23. The minimum Gasteiger partial charge on any atom is -0.378 e. The van der Waals surface area contributed by atoms with Crippen molar-refractivity contribution < 1.29 is 22.7 Å². The van der Waals surface area contributed by atoms with Crippen LogP contribution in [0.1, 0.15) is 42.6 Å². The number of carbonyl (C=O) groups excluding carboxylic acids is 1. The summed E-state index contributed by atoms with van der Waals surface area (Å²) in [4.78, 5) is 18.8. The van der Waals surface area contributed by atoms with Crippen LogP contribution in [0.3, 0.4) is 0 Å². The average Bonchev–Trinajstić information content (AvgIpc) is 2.70. The second-order valence-electron chi connectivity index (χ2n) is 6.71. The Balaban J connectivity index is 1.82. The number of alkyl halides is 3. The van der Waals surface area contributed by atoms with E-state index >= 15 is 0 Å². The van der Waals surface area contributed by atoms with Crippen LogP contribution in [0.4, 0.5) is 13.2 Å². The van der Waals surface area contributed by atoms with Gasteiger partial charge in [-0.15, -0.1) is 0 Å². The fourth-order valence-electron chi connectivity index (χ4n) is 3.14. The van der Waals surface area contributed by atoms with Crippen molar-refractivity contribution in [1.82, 2.24) is 15.5 Å². The van der Waals surface area contributed by atoms with Crippen molar-refractivity contribution in [1.29, 1.82) is 0 Å². The molecule has 1 fully saturated rings. The Morgan fingerprint density at radius 1 is 1.17 bits per heavy atom. The Labute approximate surface area is 169 Å². The summed E-state index contributed by atoms with van der Waals surface area (Å²) in [5.41, 5.74) is -0.589. The summed E-state index contributed by atoms with van der Waals surface area (Å²) in [6.45, 7) is 7.83. The lowest BCUT2D eigenvalue weighted by Crippen LogP contribution is -2.47. The molecule has 6 nitrogen and oxygen atoms in total. The quantitative estimate of drug-likeness (QED) is 0.409. The molecule has 9 heteroatoms. The lowest BCUT2D eigenvalue weighted by atomic mass is 10.1. The Morgan fingerprint density at radius 2 is 1.83 bits per heavy atom. The van der Waals surface area contributed by atoms with Crippen molar-refractivity contribution in [3.63, 3.8) is 0 Å². The number of amides is 1. The maximum atomic E-state index is 12.6. The zero-order valence-corrected chi connectivity index (χ0v) is 16.9. The number of ether oxygens (including phenoxy) is 1. The number of hydrogen-bond acceptors (Lipinski definition) is 3. The zero-order chi connectivity index (χ0) is 21.3.